The van der Waals surface area contributed by atoms with Gasteiger partial charge in [-0.2, -0.15) is 0 Å². The summed E-state index contributed by atoms with van der Waals surface area (Å²) >= 11 is 11.7. The van der Waals surface area contributed by atoms with E-state index in [0.717, 1.165) is 18.4 Å². The van der Waals surface area contributed by atoms with Crippen LogP contribution >= 0.6 is 23.2 Å². The Balaban J connectivity index is 2.76. The molecule has 0 aliphatic rings. The lowest BCUT2D eigenvalue weighted by atomic mass is 9.99. The molecule has 0 aliphatic heterocycles. The largest absolute Gasteiger partial charge is 0.207 e. The zero-order chi connectivity index (χ0) is 10.6. The Kier molecular flexibility index (Phi) is 4.70. The summed E-state index contributed by atoms with van der Waals surface area (Å²) in [4.78, 5) is 0. The molecule has 1 unspecified atom stereocenters. The number of hydrogen-bond donors (Lipinski definition) is 0. The van der Waals surface area contributed by atoms with E-state index in [1.54, 1.807) is 6.07 Å². The molecule has 0 amide bonds. The summed E-state index contributed by atoms with van der Waals surface area (Å²) in [6.45, 7) is 2.09. The second-order valence-electron chi connectivity index (χ2n) is 3.37. The Bertz CT molecular complexity index is 295. The van der Waals surface area contributed by atoms with Crippen LogP contribution < -0.4 is 0 Å². The van der Waals surface area contributed by atoms with Gasteiger partial charge in [-0.3, -0.25) is 0 Å². The third-order valence-electron chi connectivity index (χ3n) is 2.32. The van der Waals surface area contributed by atoms with Crippen molar-refractivity contribution in [1.82, 2.24) is 0 Å². The lowest BCUT2D eigenvalue weighted by Crippen LogP contribution is -2.05. The van der Waals surface area contributed by atoms with Gasteiger partial charge in [0.15, 0.2) is 0 Å². The van der Waals surface area contributed by atoms with Gasteiger partial charge in [-0.15, -0.1) is 11.6 Å². The van der Waals surface area contributed by atoms with Crippen molar-refractivity contribution in [3.8, 4) is 0 Å². The molecule has 78 valence electrons. The monoisotopic (exact) mass is 234 g/mol. The average Bonchev–Trinajstić information content (AvgIpc) is 2.17. The molecule has 0 heterocycles. The van der Waals surface area contributed by atoms with Crippen LogP contribution in [0, 0.1) is 11.7 Å². The van der Waals surface area contributed by atoms with E-state index in [0.29, 0.717) is 16.8 Å². The van der Waals surface area contributed by atoms with E-state index in [1.807, 2.05) is 0 Å². The van der Waals surface area contributed by atoms with Crippen LogP contribution in [0.3, 0.4) is 0 Å². The normalized spacial score (nSPS) is 12.9. The maximum Gasteiger partial charge on any atom is 0.124 e. The molecule has 0 saturated carbocycles. The summed E-state index contributed by atoms with van der Waals surface area (Å²) in [5.41, 5.74) is 0.973. The predicted molar refractivity (Wildman–Crippen MR) is 59.6 cm³/mol. The molecule has 0 radical (unpaired) electrons. The molecule has 0 aromatic heterocycles. The van der Waals surface area contributed by atoms with Crippen molar-refractivity contribution in [2.75, 3.05) is 5.88 Å². The number of halogens is 3. The van der Waals surface area contributed by atoms with E-state index in [-0.39, 0.29) is 5.82 Å². The molecule has 0 aliphatic carbocycles. The topological polar surface area (TPSA) is 0 Å². The van der Waals surface area contributed by atoms with Crippen LogP contribution in [0.25, 0.3) is 0 Å². The summed E-state index contributed by atoms with van der Waals surface area (Å²) in [5.74, 6) is 0.738. The van der Waals surface area contributed by atoms with E-state index in [9.17, 15) is 4.39 Å². The number of benzene rings is 1. The van der Waals surface area contributed by atoms with Gasteiger partial charge in [0.2, 0.25) is 0 Å². The van der Waals surface area contributed by atoms with E-state index < -0.39 is 0 Å². The first-order chi connectivity index (χ1) is 6.67. The lowest BCUT2D eigenvalue weighted by molar-refractivity contribution is 0.565. The Hall–Kier alpha value is -0.270. The predicted octanol–water partition coefficient (Wildman–Crippen LogP) is 4.29. The molecule has 1 atom stereocenters. The second kappa shape index (κ2) is 5.57. The molecule has 0 spiro atoms. The van der Waals surface area contributed by atoms with E-state index in [2.05, 4.69) is 6.92 Å². The van der Waals surface area contributed by atoms with Gasteiger partial charge >= 0.3 is 0 Å². The minimum absolute atomic E-state index is 0.294. The van der Waals surface area contributed by atoms with E-state index in [4.69, 9.17) is 23.2 Å². The van der Waals surface area contributed by atoms with Crippen LogP contribution in [0.5, 0.6) is 0 Å². The van der Waals surface area contributed by atoms with Gasteiger partial charge in [-0.05, 0) is 30.0 Å². The molecule has 14 heavy (non-hydrogen) atoms. The smallest absolute Gasteiger partial charge is 0.124 e. The van der Waals surface area contributed by atoms with Crippen LogP contribution in [0.15, 0.2) is 18.2 Å². The SMILES string of the molecule is CCC(CCl)Cc1ccc(F)cc1Cl. The summed E-state index contributed by atoms with van der Waals surface area (Å²) in [5, 5.41) is 0.494. The number of rotatable bonds is 4. The van der Waals surface area contributed by atoms with Crippen molar-refractivity contribution in [1.29, 1.82) is 0 Å². The standard InChI is InChI=1S/C11H13Cl2F/c1-2-8(7-12)5-9-3-4-10(14)6-11(9)13/h3-4,6,8H,2,5,7H2,1H3. The first kappa shape index (κ1) is 11.8. The Labute approximate surface area is 94.0 Å². The van der Waals surface area contributed by atoms with Gasteiger partial charge < -0.3 is 0 Å². The van der Waals surface area contributed by atoms with Crippen LogP contribution in [-0.4, -0.2) is 5.88 Å². The van der Waals surface area contributed by atoms with Crippen molar-refractivity contribution >= 4 is 23.2 Å². The van der Waals surface area contributed by atoms with E-state index >= 15 is 0 Å². The van der Waals surface area contributed by atoms with Gasteiger partial charge in [0.1, 0.15) is 5.82 Å². The first-order valence-electron chi connectivity index (χ1n) is 4.67. The Morgan fingerprint density at radius 2 is 2.14 bits per heavy atom. The summed E-state index contributed by atoms with van der Waals surface area (Å²) in [6, 6.07) is 4.51. The quantitative estimate of drug-likeness (QED) is 0.683. The third kappa shape index (κ3) is 3.14. The van der Waals surface area contributed by atoms with Crippen molar-refractivity contribution < 1.29 is 4.39 Å². The molecule has 1 aromatic carbocycles. The summed E-state index contributed by atoms with van der Waals surface area (Å²) in [6.07, 6.45) is 1.83. The van der Waals surface area contributed by atoms with Gasteiger partial charge in [-0.25, -0.2) is 4.39 Å². The molecule has 3 heteroatoms. The Morgan fingerprint density at radius 3 is 2.64 bits per heavy atom. The van der Waals surface area contributed by atoms with Crippen molar-refractivity contribution in [3.63, 3.8) is 0 Å². The van der Waals surface area contributed by atoms with Crippen LogP contribution in [0.4, 0.5) is 4.39 Å². The maximum absolute atomic E-state index is 12.7. The summed E-state index contributed by atoms with van der Waals surface area (Å²) < 4.78 is 12.7. The van der Waals surface area contributed by atoms with Gasteiger partial charge in [0.25, 0.3) is 0 Å². The van der Waals surface area contributed by atoms with E-state index in [1.165, 1.54) is 12.1 Å². The molecule has 0 N–H and O–H groups in total. The third-order valence-corrected chi connectivity index (χ3v) is 3.11. The maximum atomic E-state index is 12.7. The van der Waals surface area contributed by atoms with Crippen molar-refractivity contribution in [2.24, 2.45) is 5.92 Å². The Morgan fingerprint density at radius 1 is 1.43 bits per heavy atom. The fraction of sp³-hybridized carbons (Fsp3) is 0.455. The minimum atomic E-state index is -0.294. The molecule has 1 rings (SSSR count). The molecule has 0 saturated heterocycles. The molecule has 0 nitrogen and oxygen atoms in total. The van der Waals surface area contributed by atoms with Gasteiger partial charge in [0, 0.05) is 10.9 Å². The zero-order valence-electron chi connectivity index (χ0n) is 8.06. The fourth-order valence-corrected chi connectivity index (χ4v) is 1.88. The van der Waals surface area contributed by atoms with Gasteiger partial charge in [-0.1, -0.05) is 31.0 Å². The number of hydrogen-bond acceptors (Lipinski definition) is 0. The molecule has 1 aromatic rings. The highest BCUT2D eigenvalue weighted by Gasteiger charge is 2.09. The van der Waals surface area contributed by atoms with Crippen LogP contribution in [-0.2, 0) is 6.42 Å². The highest BCUT2D eigenvalue weighted by atomic mass is 35.5. The fourth-order valence-electron chi connectivity index (χ4n) is 1.31. The van der Waals surface area contributed by atoms with Gasteiger partial charge in [0.05, 0.1) is 0 Å². The van der Waals surface area contributed by atoms with Crippen LogP contribution in [0.2, 0.25) is 5.02 Å². The van der Waals surface area contributed by atoms with Crippen molar-refractivity contribution in [2.45, 2.75) is 19.8 Å². The molecular formula is C11H13Cl2F. The highest BCUT2D eigenvalue weighted by molar-refractivity contribution is 6.31. The number of alkyl halides is 1. The van der Waals surface area contributed by atoms with Crippen LogP contribution in [0.1, 0.15) is 18.9 Å². The first-order valence-corrected chi connectivity index (χ1v) is 5.58. The highest BCUT2D eigenvalue weighted by Crippen LogP contribution is 2.22. The average molecular weight is 235 g/mol. The second-order valence-corrected chi connectivity index (χ2v) is 4.08. The molecule has 0 bridgehead atoms. The summed E-state index contributed by atoms with van der Waals surface area (Å²) in [7, 11) is 0. The lowest BCUT2D eigenvalue weighted by Gasteiger charge is -2.12. The molecule has 0 fully saturated rings. The minimum Gasteiger partial charge on any atom is -0.207 e. The van der Waals surface area contributed by atoms with Crippen molar-refractivity contribution in [3.05, 3.63) is 34.6 Å². The molecular weight excluding hydrogens is 222 g/mol. The zero-order valence-corrected chi connectivity index (χ0v) is 9.58.